The van der Waals surface area contributed by atoms with Crippen LogP contribution in [0, 0.1) is 56.7 Å². The summed E-state index contributed by atoms with van der Waals surface area (Å²) < 4.78 is 24.7. The van der Waals surface area contributed by atoms with Gasteiger partial charge in [0.15, 0.2) is 12.6 Å². The van der Waals surface area contributed by atoms with Gasteiger partial charge in [-0.25, -0.2) is 0 Å². The highest BCUT2D eigenvalue weighted by Gasteiger charge is 2.85. The molecule has 5 saturated carbocycles. The zero-order valence-electron chi connectivity index (χ0n) is 33.2. The minimum absolute atomic E-state index is 0.0560. The molecule has 5 aliphatic carbocycles. The fourth-order valence-electron chi connectivity index (χ4n) is 14.1. The number of hydrogen-bond acceptors (Lipinski definition) is 13. The molecule has 20 atom stereocenters. The van der Waals surface area contributed by atoms with Gasteiger partial charge in [0.05, 0.1) is 31.5 Å². The van der Waals surface area contributed by atoms with Crippen LogP contribution in [0.4, 0.5) is 0 Å². The number of carbonyl (C=O) groups is 1. The lowest BCUT2D eigenvalue weighted by atomic mass is 9.41. The van der Waals surface area contributed by atoms with Crippen LogP contribution in [-0.2, 0) is 23.7 Å². The summed E-state index contributed by atoms with van der Waals surface area (Å²) in [4.78, 5) is 12.8. The number of Topliss-reactive ketones (excluding diaryl/α,β-unsaturated/α-hetero) is 1. The number of ether oxygens (including phenoxy) is 4. The van der Waals surface area contributed by atoms with Gasteiger partial charge in [0.2, 0.25) is 0 Å². The van der Waals surface area contributed by atoms with Crippen LogP contribution in [0.1, 0.15) is 106 Å². The molecule has 2 spiro atoms. The lowest BCUT2D eigenvalue weighted by molar-refractivity contribution is -0.327. The maximum atomic E-state index is 12.8. The normalized spacial score (nSPS) is 54.3. The molecule has 0 aromatic heterocycles. The first-order valence-corrected chi connectivity index (χ1v) is 20.7. The Morgan fingerprint density at radius 2 is 1.46 bits per heavy atom. The van der Waals surface area contributed by atoms with Crippen molar-refractivity contribution in [3.8, 4) is 0 Å². The molecule has 0 amide bonds. The van der Waals surface area contributed by atoms with Crippen LogP contribution in [0.3, 0.4) is 0 Å². The summed E-state index contributed by atoms with van der Waals surface area (Å²) in [6.45, 7) is 14.4. The van der Waals surface area contributed by atoms with E-state index in [0.717, 1.165) is 25.7 Å². The Kier molecular flexibility index (Phi) is 10.9. The monoisotopic (exact) mass is 768 g/mol. The molecule has 7 aliphatic rings. The van der Waals surface area contributed by atoms with Gasteiger partial charge < -0.3 is 59.8 Å². The summed E-state index contributed by atoms with van der Waals surface area (Å²) in [5.74, 6) is 0.520. The Morgan fingerprint density at radius 3 is 2.13 bits per heavy atom. The zero-order valence-corrected chi connectivity index (χ0v) is 33.2. The average Bonchev–Trinajstić information content (AvgIpc) is 3.75. The Hall–Kier alpha value is -0.810. The van der Waals surface area contributed by atoms with Gasteiger partial charge in [0, 0.05) is 17.8 Å². The predicted octanol–water partition coefficient (Wildman–Crippen LogP) is 1.66. The van der Waals surface area contributed by atoms with Crippen LogP contribution in [0.25, 0.3) is 0 Å². The Labute approximate surface area is 319 Å². The first-order valence-electron chi connectivity index (χ1n) is 20.7. The maximum Gasteiger partial charge on any atom is 0.186 e. The summed E-state index contributed by atoms with van der Waals surface area (Å²) in [7, 11) is 0. The molecule has 7 fully saturated rings. The van der Waals surface area contributed by atoms with E-state index in [0.29, 0.717) is 32.1 Å². The van der Waals surface area contributed by atoms with Gasteiger partial charge in [-0.15, -0.1) is 0 Å². The van der Waals surface area contributed by atoms with Crippen molar-refractivity contribution >= 4 is 5.78 Å². The van der Waals surface area contributed by atoms with Crippen molar-refractivity contribution in [1.82, 2.24) is 0 Å². The molecular formula is C41H68O13. The van der Waals surface area contributed by atoms with E-state index in [-0.39, 0.29) is 81.3 Å². The summed E-state index contributed by atoms with van der Waals surface area (Å²) in [6, 6.07) is 0. The minimum Gasteiger partial charge on any atom is -0.394 e. The Balaban J connectivity index is 1.16. The number of ketones is 1. The number of aliphatic hydroxyl groups is 8. The van der Waals surface area contributed by atoms with E-state index >= 15 is 0 Å². The molecule has 310 valence electrons. The molecule has 13 nitrogen and oxygen atoms in total. The number of rotatable bonds is 10. The van der Waals surface area contributed by atoms with Gasteiger partial charge in [-0.2, -0.15) is 0 Å². The second-order valence-electron chi connectivity index (χ2n) is 20.1. The highest BCUT2D eigenvalue weighted by Crippen LogP contribution is 2.89. The van der Waals surface area contributed by atoms with Gasteiger partial charge >= 0.3 is 0 Å². The van der Waals surface area contributed by atoms with E-state index in [2.05, 4.69) is 34.6 Å². The number of aliphatic hydroxyl groups excluding tert-OH is 8. The van der Waals surface area contributed by atoms with Crippen LogP contribution in [0.5, 0.6) is 0 Å². The molecule has 0 unspecified atom stereocenters. The van der Waals surface area contributed by atoms with Crippen LogP contribution in [0.15, 0.2) is 0 Å². The highest BCUT2D eigenvalue weighted by molar-refractivity contribution is 5.80. The number of carbonyl (C=O) groups excluding carboxylic acids is 1. The smallest absolute Gasteiger partial charge is 0.186 e. The largest absolute Gasteiger partial charge is 0.394 e. The quantitative estimate of drug-likeness (QED) is 0.149. The van der Waals surface area contributed by atoms with E-state index in [9.17, 15) is 45.6 Å². The molecule has 2 heterocycles. The SMILES string of the molecule is CC(C)C(=O)CC[C@@H](C)[C@H]1[C@@H](O[C@@H]2OC[C@H](O)[C@H](O)[C@H]2O)C[C@@]2(C)[C@@H]3CC[C@H]4C(C)(C)[C@@H](O[C@@H]5O[C@H](CO)[C@@H](O)[C@H](O)[C@H]5O)CC[C@]45C[C@]35[C@H](O)C[C@]12C. The van der Waals surface area contributed by atoms with E-state index < -0.39 is 68.0 Å². The molecule has 13 heteroatoms. The van der Waals surface area contributed by atoms with Crippen molar-refractivity contribution in [3.05, 3.63) is 0 Å². The molecule has 2 saturated heterocycles. The lowest BCUT2D eigenvalue weighted by Crippen LogP contribution is -2.63. The van der Waals surface area contributed by atoms with Gasteiger partial charge in [0.25, 0.3) is 0 Å². The van der Waals surface area contributed by atoms with Gasteiger partial charge in [-0.05, 0) is 96.7 Å². The fraction of sp³-hybridized carbons (Fsp3) is 0.976. The molecule has 0 radical (unpaired) electrons. The van der Waals surface area contributed by atoms with Crippen LogP contribution in [0.2, 0.25) is 0 Å². The topological polar surface area (TPSA) is 216 Å². The maximum absolute atomic E-state index is 12.8. The summed E-state index contributed by atoms with van der Waals surface area (Å²) in [5.41, 5.74) is -1.45. The summed E-state index contributed by atoms with van der Waals surface area (Å²) >= 11 is 0. The zero-order chi connectivity index (χ0) is 39.5. The van der Waals surface area contributed by atoms with Crippen molar-refractivity contribution in [2.45, 2.75) is 180 Å². The van der Waals surface area contributed by atoms with E-state index in [4.69, 9.17) is 18.9 Å². The van der Waals surface area contributed by atoms with Crippen molar-refractivity contribution in [2.75, 3.05) is 13.2 Å². The van der Waals surface area contributed by atoms with Gasteiger partial charge in [-0.3, -0.25) is 4.79 Å². The summed E-state index contributed by atoms with van der Waals surface area (Å²) in [5, 5.41) is 85.6. The van der Waals surface area contributed by atoms with Crippen molar-refractivity contribution < 1.29 is 64.6 Å². The van der Waals surface area contributed by atoms with E-state index in [1.165, 1.54) is 0 Å². The second-order valence-corrected chi connectivity index (χ2v) is 20.1. The van der Waals surface area contributed by atoms with E-state index in [1.807, 2.05) is 13.8 Å². The lowest BCUT2D eigenvalue weighted by Gasteiger charge is -2.64. The van der Waals surface area contributed by atoms with E-state index in [1.54, 1.807) is 0 Å². The molecule has 0 aromatic rings. The standard InChI is InChI=1S/C41H68O13/c1-19(2)21(43)9-8-20(3)29-23(52-35-33(49)30(46)22(44)17-51-35)14-38(6)26-11-10-25-37(4,5)28(54-36-34(50)32(48)31(47)24(16-42)53-36)12-13-40(25)18-41(26,40)27(45)15-39(29,38)7/h19-20,22-36,42,44-50H,8-18H2,1-7H3/t20-,22+,23+,24-,25+,26+,27-,28+,29+,30+,31-,32+,33-,34-,35+,36+,38+,39-,40+,41-/m1/s1. The molecule has 7 rings (SSSR count). The molecule has 54 heavy (non-hydrogen) atoms. The molecule has 0 bridgehead atoms. The Bertz CT molecular complexity index is 1390. The van der Waals surface area contributed by atoms with Crippen molar-refractivity contribution in [3.63, 3.8) is 0 Å². The van der Waals surface area contributed by atoms with Crippen LogP contribution >= 0.6 is 0 Å². The number of hydrogen-bond donors (Lipinski definition) is 8. The van der Waals surface area contributed by atoms with Crippen molar-refractivity contribution in [1.29, 1.82) is 0 Å². The van der Waals surface area contributed by atoms with Gasteiger partial charge in [0.1, 0.15) is 48.5 Å². The predicted molar refractivity (Wildman–Crippen MR) is 193 cm³/mol. The highest BCUT2D eigenvalue weighted by atomic mass is 16.7. The first kappa shape index (κ1) is 41.4. The Morgan fingerprint density at radius 1 is 0.796 bits per heavy atom. The number of fused-ring (bicyclic) bond motifs is 2. The third kappa shape index (κ3) is 5.87. The first-order chi connectivity index (χ1) is 25.2. The second kappa shape index (κ2) is 14.2. The van der Waals surface area contributed by atoms with Crippen LogP contribution < -0.4 is 0 Å². The van der Waals surface area contributed by atoms with Gasteiger partial charge in [-0.1, -0.05) is 48.5 Å². The third-order valence-corrected chi connectivity index (χ3v) is 17.1. The van der Waals surface area contributed by atoms with Crippen LogP contribution in [-0.4, -0.2) is 133 Å². The average molecular weight is 769 g/mol. The molecule has 2 aliphatic heterocycles. The molecule has 0 aromatic carbocycles. The third-order valence-electron chi connectivity index (χ3n) is 17.1. The molecule has 8 N–H and O–H groups in total. The fourth-order valence-corrected chi connectivity index (χ4v) is 14.1. The molecular weight excluding hydrogens is 700 g/mol. The minimum atomic E-state index is -1.51. The van der Waals surface area contributed by atoms with Crippen molar-refractivity contribution in [2.24, 2.45) is 56.7 Å². The summed E-state index contributed by atoms with van der Waals surface area (Å²) in [6.07, 6.45) is -6.56.